The first kappa shape index (κ1) is 23.3. The normalized spacial score (nSPS) is 15.7. The smallest absolute Gasteiger partial charge is 0.256 e. The maximum atomic E-state index is 12.7. The Labute approximate surface area is 202 Å². The largest absolute Gasteiger partial charge is 0.384 e. The summed E-state index contributed by atoms with van der Waals surface area (Å²) in [4.78, 5) is 25.8. The Bertz CT molecular complexity index is 1340. The second kappa shape index (κ2) is 9.68. The van der Waals surface area contributed by atoms with Crippen molar-refractivity contribution in [1.82, 2.24) is 24.1 Å². The van der Waals surface area contributed by atoms with E-state index >= 15 is 0 Å². The van der Waals surface area contributed by atoms with Crippen LogP contribution in [0.3, 0.4) is 0 Å². The number of anilines is 3. The van der Waals surface area contributed by atoms with Gasteiger partial charge in [-0.2, -0.15) is 9.19 Å². The highest BCUT2D eigenvalue weighted by Crippen LogP contribution is 2.35. The van der Waals surface area contributed by atoms with Gasteiger partial charge in [0.25, 0.3) is 10.0 Å². The number of halogens is 1. The number of carbonyl (C=O) groups excluding carboxylic acids is 1. The molecule has 35 heavy (non-hydrogen) atoms. The molecular weight excluding hydrogens is 473 g/mol. The summed E-state index contributed by atoms with van der Waals surface area (Å²) in [5.74, 6) is 1.36. The highest BCUT2D eigenvalue weighted by Gasteiger charge is 2.37. The van der Waals surface area contributed by atoms with Crippen LogP contribution in [0.1, 0.15) is 48.9 Å². The van der Waals surface area contributed by atoms with E-state index in [1.54, 1.807) is 24.5 Å². The second-order valence-electron chi connectivity index (χ2n) is 8.81. The van der Waals surface area contributed by atoms with Crippen molar-refractivity contribution in [3.05, 3.63) is 42.5 Å². The summed E-state index contributed by atoms with van der Waals surface area (Å²) in [6, 6.07) is 3.40. The van der Waals surface area contributed by atoms with Gasteiger partial charge in [0, 0.05) is 30.9 Å². The zero-order valence-electron chi connectivity index (χ0n) is 19.0. The van der Waals surface area contributed by atoms with Gasteiger partial charge in [-0.1, -0.05) is 0 Å². The second-order valence-corrected chi connectivity index (χ2v) is 10.9. The van der Waals surface area contributed by atoms with Crippen molar-refractivity contribution < 1.29 is 17.6 Å². The number of ketones is 1. The molecule has 2 aliphatic rings. The van der Waals surface area contributed by atoms with Crippen LogP contribution in [-0.2, 0) is 10.0 Å². The fraction of sp³-hybridized carbons (Fsp3) is 0.435. The number of nitrogens with zero attached hydrogens (tertiary/aromatic N) is 5. The minimum Gasteiger partial charge on any atom is -0.384 e. The average Bonchev–Trinajstić information content (AvgIpc) is 3.79. The summed E-state index contributed by atoms with van der Waals surface area (Å²) in [5, 5.41) is 9.97. The maximum absolute atomic E-state index is 12.7. The van der Waals surface area contributed by atoms with E-state index in [2.05, 4.69) is 30.7 Å². The predicted molar refractivity (Wildman–Crippen MR) is 129 cm³/mol. The lowest BCUT2D eigenvalue weighted by Gasteiger charge is -2.13. The summed E-state index contributed by atoms with van der Waals surface area (Å²) in [7, 11) is -3.47. The lowest BCUT2D eigenvalue weighted by Crippen LogP contribution is -2.17. The number of hydrogen-bond donors (Lipinski definition) is 2. The molecular formula is C23H26FN7O3S. The first-order chi connectivity index (χ1) is 17.0. The highest BCUT2D eigenvalue weighted by molar-refractivity contribution is 7.90. The Morgan fingerprint density at radius 3 is 2.69 bits per heavy atom. The Morgan fingerprint density at radius 1 is 1.11 bits per heavy atom. The molecule has 0 radical (unpaired) electrons. The number of hydrogen-bond acceptors (Lipinski definition) is 9. The van der Waals surface area contributed by atoms with E-state index in [0.717, 1.165) is 16.9 Å². The summed E-state index contributed by atoms with van der Waals surface area (Å²) >= 11 is 0. The fourth-order valence-corrected chi connectivity index (χ4v) is 5.13. The lowest BCUT2D eigenvalue weighted by molar-refractivity contribution is 0.0968. The molecule has 0 saturated heterocycles. The van der Waals surface area contributed by atoms with Crippen molar-refractivity contribution >= 4 is 33.1 Å². The third-order valence-corrected chi connectivity index (χ3v) is 7.96. The minimum atomic E-state index is -3.47. The van der Waals surface area contributed by atoms with Gasteiger partial charge in [-0.25, -0.2) is 23.4 Å². The molecule has 0 unspecified atom stereocenters. The van der Waals surface area contributed by atoms with Crippen LogP contribution in [0.2, 0.25) is 0 Å². The molecule has 2 aliphatic carbocycles. The van der Waals surface area contributed by atoms with E-state index in [1.165, 1.54) is 12.4 Å². The van der Waals surface area contributed by atoms with E-state index < -0.39 is 10.0 Å². The molecule has 3 aromatic rings. The van der Waals surface area contributed by atoms with Crippen molar-refractivity contribution in [2.24, 2.45) is 5.92 Å². The van der Waals surface area contributed by atoms with Crippen LogP contribution >= 0.6 is 0 Å². The first-order valence-electron chi connectivity index (χ1n) is 11.7. The minimum absolute atomic E-state index is 0.0519. The third kappa shape index (κ3) is 5.31. The molecule has 0 spiro atoms. The van der Waals surface area contributed by atoms with Crippen molar-refractivity contribution in [3.8, 4) is 11.4 Å². The molecule has 2 N–H and O–H groups in total. The third-order valence-electron chi connectivity index (χ3n) is 5.93. The summed E-state index contributed by atoms with van der Waals surface area (Å²) in [5.41, 5.74) is 1.66. The lowest BCUT2D eigenvalue weighted by atomic mass is 10.1. The maximum Gasteiger partial charge on any atom is 0.256 e. The Hall–Kier alpha value is -3.41. The van der Waals surface area contributed by atoms with Crippen molar-refractivity contribution in [2.45, 2.75) is 43.8 Å². The summed E-state index contributed by atoms with van der Waals surface area (Å²) < 4.78 is 38.2. The van der Waals surface area contributed by atoms with E-state index in [1.807, 2.05) is 0 Å². The number of aromatic nitrogens is 5. The van der Waals surface area contributed by atoms with Crippen LogP contribution in [0.4, 0.5) is 21.7 Å². The molecule has 0 bridgehead atoms. The molecule has 0 atom stereocenters. The Morgan fingerprint density at radius 2 is 1.94 bits per heavy atom. The quantitative estimate of drug-likeness (QED) is 0.283. The molecule has 10 nitrogen and oxygen atoms in total. The molecule has 3 heterocycles. The zero-order valence-corrected chi connectivity index (χ0v) is 19.8. The molecule has 0 amide bonds. The van der Waals surface area contributed by atoms with Crippen LogP contribution in [0, 0.1) is 5.92 Å². The number of Topliss-reactive ketones (excluding diaryl/α,β-unsaturated/α-hetero) is 1. The topological polar surface area (TPSA) is 132 Å². The molecule has 3 aromatic heterocycles. The van der Waals surface area contributed by atoms with Gasteiger partial charge in [-0.15, -0.1) is 0 Å². The van der Waals surface area contributed by atoms with Gasteiger partial charge in [-0.3, -0.25) is 9.18 Å². The van der Waals surface area contributed by atoms with Crippen LogP contribution in [0.15, 0.2) is 36.9 Å². The van der Waals surface area contributed by atoms with Gasteiger partial charge < -0.3 is 10.6 Å². The first-order valence-corrected chi connectivity index (χ1v) is 13.2. The van der Waals surface area contributed by atoms with Crippen molar-refractivity contribution in [3.63, 3.8) is 0 Å². The molecule has 2 saturated carbocycles. The standard InChI is InChI=1S/C23H26FN7O3S/c24-8-1-2-9-25-19-11-21(27-13-18(19)22(32)15-3-4-15)29-20-7-10-26-23(30-20)16-12-28-31(14-16)35(33,34)17-5-6-17/h7,10-15,17H,1-6,8-9H2,(H2,25,26,27,29,30). The highest BCUT2D eigenvalue weighted by atomic mass is 32.2. The van der Waals surface area contributed by atoms with E-state index in [-0.39, 0.29) is 23.6 Å². The predicted octanol–water partition coefficient (Wildman–Crippen LogP) is 3.57. The van der Waals surface area contributed by atoms with Crippen molar-refractivity contribution in [1.29, 1.82) is 0 Å². The number of carbonyl (C=O) groups is 1. The number of unbranched alkanes of at least 4 members (excludes halogenated alkanes) is 1. The van der Waals surface area contributed by atoms with Crippen LogP contribution in [0.25, 0.3) is 11.4 Å². The van der Waals surface area contributed by atoms with E-state index in [0.29, 0.717) is 66.5 Å². The van der Waals surface area contributed by atoms with Gasteiger partial charge in [0.05, 0.1) is 41.1 Å². The number of alkyl halides is 1. The van der Waals surface area contributed by atoms with Gasteiger partial charge in [0.2, 0.25) is 0 Å². The van der Waals surface area contributed by atoms with Crippen LogP contribution < -0.4 is 10.6 Å². The molecule has 0 aliphatic heterocycles. The summed E-state index contributed by atoms with van der Waals surface area (Å²) in [6.07, 6.45) is 10.1. The zero-order chi connectivity index (χ0) is 24.4. The van der Waals surface area contributed by atoms with Gasteiger partial charge in [-0.05, 0) is 44.6 Å². The SMILES string of the molecule is O=C(c1cnc(Nc2ccnc(-c3cnn(S(=O)(=O)C4CC4)c3)n2)cc1NCCCCF)C1CC1. The van der Waals surface area contributed by atoms with Gasteiger partial charge in [0.1, 0.15) is 11.6 Å². The fourth-order valence-electron chi connectivity index (χ4n) is 3.65. The Balaban J connectivity index is 1.34. The van der Waals surface area contributed by atoms with Gasteiger partial charge >= 0.3 is 0 Å². The molecule has 5 rings (SSSR count). The van der Waals surface area contributed by atoms with Crippen molar-refractivity contribution in [2.75, 3.05) is 23.9 Å². The van der Waals surface area contributed by atoms with Gasteiger partial charge in [0.15, 0.2) is 11.6 Å². The van der Waals surface area contributed by atoms with Crippen LogP contribution in [0.5, 0.6) is 0 Å². The molecule has 12 heteroatoms. The number of pyridine rings is 1. The van der Waals surface area contributed by atoms with Crippen LogP contribution in [-0.4, -0.2) is 56.8 Å². The summed E-state index contributed by atoms with van der Waals surface area (Å²) in [6.45, 7) is 0.171. The molecule has 184 valence electrons. The van der Waals surface area contributed by atoms with E-state index in [4.69, 9.17) is 0 Å². The Kier molecular flexibility index (Phi) is 6.46. The number of nitrogens with one attached hydrogen (secondary N) is 2. The molecule has 2 fully saturated rings. The monoisotopic (exact) mass is 499 g/mol. The van der Waals surface area contributed by atoms with E-state index in [9.17, 15) is 17.6 Å². The number of rotatable bonds is 12. The average molecular weight is 500 g/mol. The molecule has 0 aromatic carbocycles.